The summed E-state index contributed by atoms with van der Waals surface area (Å²) in [5.41, 5.74) is 1.39. The van der Waals surface area contributed by atoms with Crippen LogP contribution in [0.2, 0.25) is 0 Å². The number of carbonyl (C=O) groups is 2. The van der Waals surface area contributed by atoms with Gasteiger partial charge in [0, 0.05) is 31.7 Å². The second-order valence-electron chi connectivity index (χ2n) is 8.92. The van der Waals surface area contributed by atoms with Gasteiger partial charge < -0.3 is 14.5 Å². The van der Waals surface area contributed by atoms with Gasteiger partial charge in [-0.25, -0.2) is 4.79 Å². The zero-order valence-corrected chi connectivity index (χ0v) is 18.8. The van der Waals surface area contributed by atoms with E-state index in [1.54, 1.807) is 4.90 Å². The molecule has 1 saturated heterocycles. The van der Waals surface area contributed by atoms with Crippen molar-refractivity contribution in [1.82, 2.24) is 9.80 Å². The molecule has 0 atom stereocenters. The molecule has 0 unspecified atom stereocenters. The highest BCUT2D eigenvalue weighted by atomic mass is 16.6. The van der Waals surface area contributed by atoms with Crippen molar-refractivity contribution in [2.75, 3.05) is 26.2 Å². The van der Waals surface area contributed by atoms with Crippen LogP contribution >= 0.6 is 0 Å². The molecular weight excluding hydrogens is 400 g/mol. The van der Waals surface area contributed by atoms with Gasteiger partial charge in [-0.3, -0.25) is 4.79 Å². The fraction of sp³-hybridized carbons (Fsp3) is 0.333. The first-order valence-electron chi connectivity index (χ1n) is 11.2. The number of ether oxygens (including phenoxy) is 1. The van der Waals surface area contributed by atoms with E-state index in [2.05, 4.69) is 12.1 Å². The van der Waals surface area contributed by atoms with Crippen LogP contribution in [-0.2, 0) is 11.2 Å². The molecule has 5 nitrogen and oxygen atoms in total. The summed E-state index contributed by atoms with van der Waals surface area (Å²) in [5.74, 6) is 0.0120. The van der Waals surface area contributed by atoms with Crippen molar-refractivity contribution < 1.29 is 14.3 Å². The summed E-state index contributed by atoms with van der Waals surface area (Å²) in [6.45, 7) is 5.86. The third kappa shape index (κ3) is 5.10. The number of benzene rings is 3. The number of fused-ring (bicyclic) bond motifs is 1. The fourth-order valence-corrected chi connectivity index (χ4v) is 4.12. The van der Waals surface area contributed by atoms with Gasteiger partial charge >= 0.3 is 6.09 Å². The largest absolute Gasteiger partial charge is 0.443 e. The number of aryl methyl sites for hydroxylation is 1. The van der Waals surface area contributed by atoms with Crippen LogP contribution in [0.1, 0.15) is 36.2 Å². The van der Waals surface area contributed by atoms with E-state index in [9.17, 15) is 9.59 Å². The summed E-state index contributed by atoms with van der Waals surface area (Å²) in [6, 6.07) is 23.9. The van der Waals surface area contributed by atoms with Crippen molar-refractivity contribution in [3.63, 3.8) is 0 Å². The highest BCUT2D eigenvalue weighted by Crippen LogP contribution is 2.22. The Bertz CT molecular complexity index is 1080. The first kappa shape index (κ1) is 21.9. The van der Waals surface area contributed by atoms with Crippen LogP contribution in [0.15, 0.2) is 72.8 Å². The molecule has 3 aromatic carbocycles. The summed E-state index contributed by atoms with van der Waals surface area (Å²) in [5, 5.41) is 2.01. The summed E-state index contributed by atoms with van der Waals surface area (Å²) in [7, 11) is 0. The molecule has 2 amide bonds. The number of nitrogens with zero attached hydrogens (tertiary/aromatic N) is 2. The van der Waals surface area contributed by atoms with Crippen molar-refractivity contribution in [3.05, 3.63) is 83.9 Å². The molecular formula is C27H30N2O3. The van der Waals surface area contributed by atoms with Crippen LogP contribution in [0.25, 0.3) is 10.8 Å². The summed E-state index contributed by atoms with van der Waals surface area (Å²) >= 11 is 0. The van der Waals surface area contributed by atoms with Gasteiger partial charge in [0.05, 0.1) is 0 Å². The molecule has 0 spiro atoms. The minimum absolute atomic E-state index is 0.0120. The molecule has 0 saturated carbocycles. The van der Waals surface area contributed by atoms with Crippen molar-refractivity contribution in [2.45, 2.75) is 32.3 Å². The highest BCUT2D eigenvalue weighted by Gasteiger charge is 2.30. The number of amides is 2. The monoisotopic (exact) mass is 430 g/mol. The fourth-order valence-electron chi connectivity index (χ4n) is 4.12. The van der Waals surface area contributed by atoms with Crippen LogP contribution in [0.5, 0.6) is 0 Å². The van der Waals surface area contributed by atoms with Crippen molar-refractivity contribution in [1.29, 1.82) is 0 Å². The van der Waals surface area contributed by atoms with Crippen LogP contribution in [-0.4, -0.2) is 53.6 Å². The van der Waals surface area contributed by atoms with Crippen LogP contribution < -0.4 is 0 Å². The van der Waals surface area contributed by atoms with Crippen molar-refractivity contribution in [2.24, 2.45) is 0 Å². The molecule has 0 N–H and O–H groups in total. The minimum Gasteiger partial charge on any atom is -0.443 e. The quantitative estimate of drug-likeness (QED) is 0.563. The molecule has 0 aliphatic carbocycles. The third-order valence-corrected chi connectivity index (χ3v) is 6.07. The van der Waals surface area contributed by atoms with Gasteiger partial charge in [-0.05, 0) is 49.1 Å². The molecule has 1 fully saturated rings. The Morgan fingerprint density at radius 3 is 2.19 bits per heavy atom. The molecule has 0 aromatic heterocycles. The van der Waals surface area contributed by atoms with E-state index in [4.69, 9.17) is 4.74 Å². The number of hydrogen-bond donors (Lipinski definition) is 0. The second kappa shape index (κ2) is 9.43. The smallest absolute Gasteiger partial charge is 0.410 e. The molecule has 1 heterocycles. The van der Waals surface area contributed by atoms with Crippen LogP contribution in [0.3, 0.4) is 0 Å². The highest BCUT2D eigenvalue weighted by molar-refractivity contribution is 6.07. The first-order chi connectivity index (χ1) is 15.4. The third-order valence-electron chi connectivity index (χ3n) is 6.07. The Morgan fingerprint density at radius 2 is 1.44 bits per heavy atom. The predicted molar refractivity (Wildman–Crippen MR) is 127 cm³/mol. The number of rotatable bonds is 5. The van der Waals surface area contributed by atoms with Gasteiger partial charge in [0.25, 0.3) is 5.91 Å². The van der Waals surface area contributed by atoms with E-state index < -0.39 is 5.60 Å². The van der Waals surface area contributed by atoms with E-state index in [-0.39, 0.29) is 12.0 Å². The molecule has 1 aliphatic rings. The number of carbonyl (C=O) groups excluding carboxylic acids is 2. The lowest BCUT2D eigenvalue weighted by molar-refractivity contribution is 0.000521. The van der Waals surface area contributed by atoms with E-state index in [0.717, 1.165) is 23.6 Å². The molecule has 0 radical (unpaired) electrons. The molecule has 1 aliphatic heterocycles. The zero-order valence-electron chi connectivity index (χ0n) is 18.8. The number of piperazine rings is 1. The van der Waals surface area contributed by atoms with Gasteiger partial charge in [-0.15, -0.1) is 0 Å². The minimum atomic E-state index is -0.553. The molecule has 166 valence electrons. The summed E-state index contributed by atoms with van der Waals surface area (Å²) < 4.78 is 5.82. The van der Waals surface area contributed by atoms with E-state index >= 15 is 0 Å². The summed E-state index contributed by atoms with van der Waals surface area (Å²) in [6.07, 6.45) is 1.30. The Hall–Kier alpha value is -3.34. The molecule has 32 heavy (non-hydrogen) atoms. The normalized spacial score (nSPS) is 14.4. The topological polar surface area (TPSA) is 49.9 Å². The first-order valence-corrected chi connectivity index (χ1v) is 11.2. The van der Waals surface area contributed by atoms with Gasteiger partial charge in [-0.1, -0.05) is 66.7 Å². The molecule has 4 rings (SSSR count). The Kier molecular flexibility index (Phi) is 6.45. The zero-order chi connectivity index (χ0) is 22.6. The second-order valence-corrected chi connectivity index (χ2v) is 8.92. The molecule has 3 aromatic rings. The number of hydrogen-bond acceptors (Lipinski definition) is 3. The van der Waals surface area contributed by atoms with Crippen molar-refractivity contribution in [3.8, 4) is 0 Å². The average Bonchev–Trinajstić information content (AvgIpc) is 2.82. The SMILES string of the molecule is CC(C)(CCc1ccccc1)OC(=O)N1CCN(C(=O)c2cccc3ccccc23)CC1. The molecule has 0 bridgehead atoms. The Labute approximate surface area is 189 Å². The Morgan fingerprint density at radius 1 is 0.812 bits per heavy atom. The van der Waals surface area contributed by atoms with E-state index in [1.165, 1.54) is 5.56 Å². The van der Waals surface area contributed by atoms with Gasteiger partial charge in [-0.2, -0.15) is 0 Å². The maximum Gasteiger partial charge on any atom is 0.410 e. The lowest BCUT2D eigenvalue weighted by atomic mass is 9.98. The maximum absolute atomic E-state index is 13.1. The maximum atomic E-state index is 13.1. The lowest BCUT2D eigenvalue weighted by Crippen LogP contribution is -2.51. The summed E-state index contributed by atoms with van der Waals surface area (Å²) in [4.78, 5) is 29.4. The molecule has 5 heteroatoms. The van der Waals surface area contributed by atoms with Crippen LogP contribution in [0.4, 0.5) is 4.79 Å². The van der Waals surface area contributed by atoms with Gasteiger partial charge in [0.1, 0.15) is 5.60 Å². The lowest BCUT2D eigenvalue weighted by Gasteiger charge is -2.36. The van der Waals surface area contributed by atoms with E-state index in [1.807, 2.05) is 79.4 Å². The van der Waals surface area contributed by atoms with Gasteiger partial charge in [0.2, 0.25) is 0 Å². The standard InChI is InChI=1S/C27H30N2O3/c1-27(2,16-15-21-9-4-3-5-10-21)32-26(31)29-19-17-28(18-20-29)25(30)24-14-8-12-22-11-6-7-13-23(22)24/h3-14H,15-20H2,1-2H3. The van der Waals surface area contributed by atoms with Gasteiger partial charge in [0.15, 0.2) is 0 Å². The van der Waals surface area contributed by atoms with Crippen LogP contribution in [0, 0.1) is 0 Å². The van der Waals surface area contributed by atoms with Crippen molar-refractivity contribution >= 4 is 22.8 Å². The Balaban J connectivity index is 1.32. The van der Waals surface area contributed by atoms with E-state index in [0.29, 0.717) is 31.7 Å². The average molecular weight is 431 g/mol. The predicted octanol–water partition coefficient (Wildman–Crippen LogP) is 5.15.